The second kappa shape index (κ2) is 3.99. The molecule has 0 unspecified atom stereocenters. The Hall–Kier alpha value is -1.63. The van der Waals surface area contributed by atoms with Gasteiger partial charge in [0.25, 0.3) is 0 Å². The van der Waals surface area contributed by atoms with E-state index in [1.54, 1.807) is 0 Å². The largest absolute Gasteiger partial charge is 0.419 e. The van der Waals surface area contributed by atoms with Gasteiger partial charge in [-0.1, -0.05) is 17.4 Å². The minimum atomic E-state index is -4.71. The first-order chi connectivity index (χ1) is 7.88. The molecule has 1 aromatic carbocycles. The van der Waals surface area contributed by atoms with Gasteiger partial charge in [-0.3, -0.25) is 0 Å². The van der Waals surface area contributed by atoms with Crippen molar-refractivity contribution in [1.82, 2.24) is 4.98 Å². The normalized spacial score (nSPS) is 11.8. The van der Waals surface area contributed by atoms with Gasteiger partial charge in [0.05, 0.1) is 10.4 Å². The summed E-state index contributed by atoms with van der Waals surface area (Å²) >= 11 is 1.04. The summed E-state index contributed by atoms with van der Waals surface area (Å²) in [5.41, 5.74) is 4.33. The van der Waals surface area contributed by atoms with Gasteiger partial charge in [-0.15, -0.1) is 0 Å². The van der Waals surface area contributed by atoms with Crippen molar-refractivity contribution in [2.75, 3.05) is 5.73 Å². The van der Waals surface area contributed by atoms with Crippen LogP contribution in [-0.2, 0) is 6.18 Å². The topological polar surface area (TPSA) is 38.9 Å². The Kier molecular flexibility index (Phi) is 2.78. The number of hydrogen-bond acceptors (Lipinski definition) is 3. The van der Waals surface area contributed by atoms with Crippen LogP contribution in [0.2, 0.25) is 0 Å². The number of rotatable bonds is 1. The van der Waals surface area contributed by atoms with Crippen LogP contribution in [0.3, 0.4) is 0 Å². The van der Waals surface area contributed by atoms with Crippen LogP contribution in [0.1, 0.15) is 5.56 Å². The van der Waals surface area contributed by atoms with Crippen LogP contribution in [0.25, 0.3) is 10.4 Å². The van der Waals surface area contributed by atoms with Gasteiger partial charge in [-0.2, -0.15) is 13.2 Å². The van der Waals surface area contributed by atoms with E-state index in [1.807, 2.05) is 0 Å². The van der Waals surface area contributed by atoms with Crippen LogP contribution in [0.4, 0.5) is 22.7 Å². The molecule has 0 amide bonds. The number of anilines is 1. The average Bonchev–Trinajstić information content (AvgIpc) is 2.64. The van der Waals surface area contributed by atoms with E-state index in [4.69, 9.17) is 5.73 Å². The monoisotopic (exact) mass is 262 g/mol. The highest BCUT2D eigenvalue weighted by atomic mass is 32.1. The molecular weight excluding hydrogens is 256 g/mol. The van der Waals surface area contributed by atoms with Crippen LogP contribution >= 0.6 is 11.3 Å². The Morgan fingerprint density at radius 2 is 1.94 bits per heavy atom. The molecule has 0 aliphatic rings. The highest BCUT2D eigenvalue weighted by molar-refractivity contribution is 7.18. The molecule has 0 atom stereocenters. The summed E-state index contributed by atoms with van der Waals surface area (Å²) in [5.74, 6) is -1.29. The summed E-state index contributed by atoms with van der Waals surface area (Å²) in [4.78, 5) is 4.19. The van der Waals surface area contributed by atoms with Gasteiger partial charge in [0.1, 0.15) is 5.82 Å². The van der Waals surface area contributed by atoms with Gasteiger partial charge in [0, 0.05) is 6.20 Å². The van der Waals surface area contributed by atoms with E-state index in [9.17, 15) is 17.6 Å². The molecule has 90 valence electrons. The van der Waals surface area contributed by atoms with Gasteiger partial charge in [0.2, 0.25) is 0 Å². The molecule has 1 heterocycles. The molecule has 0 bridgehead atoms. The van der Waals surface area contributed by atoms with Crippen molar-refractivity contribution in [2.24, 2.45) is 0 Å². The molecule has 0 radical (unpaired) electrons. The van der Waals surface area contributed by atoms with Crippen molar-refractivity contribution in [3.05, 3.63) is 35.8 Å². The zero-order valence-electron chi connectivity index (χ0n) is 8.25. The van der Waals surface area contributed by atoms with Gasteiger partial charge >= 0.3 is 6.18 Å². The fraction of sp³-hybridized carbons (Fsp3) is 0.100. The predicted octanol–water partition coefficient (Wildman–Crippen LogP) is 3.55. The molecule has 0 aliphatic heterocycles. The van der Waals surface area contributed by atoms with E-state index in [0.29, 0.717) is 4.88 Å². The summed E-state index contributed by atoms with van der Waals surface area (Å²) in [7, 11) is 0. The summed E-state index contributed by atoms with van der Waals surface area (Å²) in [6.07, 6.45) is -3.36. The van der Waals surface area contributed by atoms with Crippen LogP contribution in [-0.4, -0.2) is 4.98 Å². The van der Waals surface area contributed by atoms with Crippen LogP contribution in [0, 0.1) is 5.82 Å². The maximum absolute atomic E-state index is 13.0. The molecule has 0 aliphatic carbocycles. The summed E-state index contributed by atoms with van der Waals surface area (Å²) in [6.45, 7) is 0. The second-order valence-electron chi connectivity index (χ2n) is 3.26. The van der Waals surface area contributed by atoms with Gasteiger partial charge in [-0.25, -0.2) is 9.37 Å². The van der Waals surface area contributed by atoms with Crippen molar-refractivity contribution < 1.29 is 17.6 Å². The molecule has 2 rings (SSSR count). The lowest BCUT2D eigenvalue weighted by atomic mass is 10.1. The first kappa shape index (κ1) is 11.8. The Bertz CT molecular complexity index is 547. The number of aromatic nitrogens is 1. The fourth-order valence-corrected chi connectivity index (χ4v) is 2.00. The molecule has 0 saturated heterocycles. The molecule has 0 spiro atoms. The standard InChI is InChI=1S/C10H6F4N2S/c11-7-2-1-5(3-6(7)10(12,13)14)8-4-16-9(15)17-8/h1-4H,(H2,15,16). The second-order valence-corrected chi connectivity index (χ2v) is 4.32. The average molecular weight is 262 g/mol. The lowest BCUT2D eigenvalue weighted by molar-refractivity contribution is -0.139. The molecule has 1 aromatic heterocycles. The fourth-order valence-electron chi connectivity index (χ4n) is 1.32. The number of nitrogens with zero attached hydrogens (tertiary/aromatic N) is 1. The highest BCUT2D eigenvalue weighted by Crippen LogP contribution is 2.35. The van der Waals surface area contributed by atoms with Crippen LogP contribution < -0.4 is 5.73 Å². The lowest BCUT2D eigenvalue weighted by Gasteiger charge is -2.08. The maximum atomic E-state index is 13.0. The van der Waals surface area contributed by atoms with Crippen molar-refractivity contribution in [3.8, 4) is 10.4 Å². The molecular formula is C10H6F4N2S. The third-order valence-electron chi connectivity index (χ3n) is 2.08. The molecule has 0 saturated carbocycles. The molecule has 2 nitrogen and oxygen atoms in total. The van der Waals surface area contributed by atoms with E-state index in [0.717, 1.165) is 23.5 Å². The molecule has 7 heteroatoms. The quantitative estimate of drug-likeness (QED) is 0.798. The number of nitrogens with two attached hydrogens (primary N) is 1. The van der Waals surface area contributed by atoms with E-state index in [-0.39, 0.29) is 10.7 Å². The zero-order chi connectivity index (χ0) is 12.6. The van der Waals surface area contributed by atoms with E-state index < -0.39 is 17.6 Å². The lowest BCUT2D eigenvalue weighted by Crippen LogP contribution is -2.07. The van der Waals surface area contributed by atoms with Crippen molar-refractivity contribution in [1.29, 1.82) is 0 Å². The smallest absolute Gasteiger partial charge is 0.375 e. The molecule has 2 N–H and O–H groups in total. The predicted molar refractivity (Wildman–Crippen MR) is 56.9 cm³/mol. The van der Waals surface area contributed by atoms with Gasteiger partial charge in [0.15, 0.2) is 5.13 Å². The molecule has 17 heavy (non-hydrogen) atoms. The van der Waals surface area contributed by atoms with Crippen molar-refractivity contribution in [3.63, 3.8) is 0 Å². The minimum absolute atomic E-state index is 0.243. The SMILES string of the molecule is Nc1ncc(-c2ccc(F)c(C(F)(F)F)c2)s1. The summed E-state index contributed by atoms with van der Waals surface area (Å²) in [5, 5.41) is 0.248. The van der Waals surface area contributed by atoms with Gasteiger partial charge in [-0.05, 0) is 17.7 Å². The van der Waals surface area contributed by atoms with E-state index >= 15 is 0 Å². The zero-order valence-corrected chi connectivity index (χ0v) is 9.07. The number of nitrogen functional groups attached to an aromatic ring is 1. The van der Waals surface area contributed by atoms with E-state index in [1.165, 1.54) is 12.3 Å². The Balaban J connectivity index is 2.51. The number of hydrogen-bond donors (Lipinski definition) is 1. The van der Waals surface area contributed by atoms with Crippen LogP contribution in [0.5, 0.6) is 0 Å². The van der Waals surface area contributed by atoms with Gasteiger partial charge < -0.3 is 5.73 Å². The first-order valence-corrected chi connectivity index (χ1v) is 5.28. The number of halogens is 4. The highest BCUT2D eigenvalue weighted by Gasteiger charge is 2.34. The molecule has 2 aromatic rings. The number of thiazole rings is 1. The minimum Gasteiger partial charge on any atom is -0.375 e. The number of alkyl halides is 3. The van der Waals surface area contributed by atoms with Crippen molar-refractivity contribution in [2.45, 2.75) is 6.18 Å². The Morgan fingerprint density at radius 3 is 2.47 bits per heavy atom. The molecule has 0 fully saturated rings. The third kappa shape index (κ3) is 2.38. The van der Waals surface area contributed by atoms with E-state index in [2.05, 4.69) is 4.98 Å². The first-order valence-electron chi connectivity index (χ1n) is 4.46. The summed E-state index contributed by atoms with van der Waals surface area (Å²) < 4.78 is 50.4. The third-order valence-corrected chi connectivity index (χ3v) is 2.96. The maximum Gasteiger partial charge on any atom is 0.419 e. The Labute approximate surface area is 97.7 Å². The van der Waals surface area contributed by atoms with Crippen LogP contribution in [0.15, 0.2) is 24.4 Å². The number of benzene rings is 1. The Morgan fingerprint density at radius 1 is 1.24 bits per heavy atom. The van der Waals surface area contributed by atoms with Crippen molar-refractivity contribution >= 4 is 16.5 Å². The summed E-state index contributed by atoms with van der Waals surface area (Å²) in [6, 6.07) is 2.80.